The van der Waals surface area contributed by atoms with Crippen LogP contribution >= 0.6 is 11.6 Å². The van der Waals surface area contributed by atoms with E-state index in [0.29, 0.717) is 28.1 Å². The monoisotopic (exact) mass is 394 g/mol. The summed E-state index contributed by atoms with van der Waals surface area (Å²) < 4.78 is 5.46. The molecule has 7 heteroatoms. The highest BCUT2D eigenvalue weighted by atomic mass is 35.5. The van der Waals surface area contributed by atoms with E-state index in [-0.39, 0.29) is 12.5 Å². The van der Waals surface area contributed by atoms with Crippen LogP contribution in [0, 0.1) is 10.8 Å². The van der Waals surface area contributed by atoms with Crippen LogP contribution in [0.1, 0.15) is 44.9 Å². The highest BCUT2D eigenvalue weighted by Crippen LogP contribution is 2.74. The SMILES string of the molecule is O=C(O)NCCCCCC12CC(CNC(=O)COc3ccc(Cl)cc3)(C1)C2. The minimum atomic E-state index is -0.947. The number of rotatable bonds is 11. The van der Waals surface area contributed by atoms with Crippen LogP contribution in [0.15, 0.2) is 24.3 Å². The summed E-state index contributed by atoms with van der Waals surface area (Å²) >= 11 is 5.82. The molecule has 148 valence electrons. The first-order valence-electron chi connectivity index (χ1n) is 9.52. The van der Waals surface area contributed by atoms with E-state index in [1.807, 2.05) is 0 Å². The van der Waals surface area contributed by atoms with E-state index >= 15 is 0 Å². The second-order valence-corrected chi connectivity index (χ2v) is 8.53. The fraction of sp³-hybridized carbons (Fsp3) is 0.600. The van der Waals surface area contributed by atoms with Gasteiger partial charge in [-0.05, 0) is 67.2 Å². The minimum Gasteiger partial charge on any atom is -0.484 e. The van der Waals surface area contributed by atoms with Gasteiger partial charge >= 0.3 is 6.09 Å². The zero-order valence-corrected chi connectivity index (χ0v) is 16.2. The van der Waals surface area contributed by atoms with Crippen LogP contribution in [-0.4, -0.2) is 36.8 Å². The smallest absolute Gasteiger partial charge is 0.404 e. The van der Waals surface area contributed by atoms with Gasteiger partial charge in [-0.3, -0.25) is 4.79 Å². The van der Waals surface area contributed by atoms with Crippen LogP contribution in [0.25, 0.3) is 0 Å². The normalized spacial score (nSPS) is 25.1. The van der Waals surface area contributed by atoms with Crippen molar-refractivity contribution in [3.63, 3.8) is 0 Å². The quantitative estimate of drug-likeness (QED) is 0.498. The largest absolute Gasteiger partial charge is 0.484 e. The van der Waals surface area contributed by atoms with Gasteiger partial charge in [0.2, 0.25) is 0 Å². The van der Waals surface area contributed by atoms with Gasteiger partial charge in [0.15, 0.2) is 6.61 Å². The summed E-state index contributed by atoms with van der Waals surface area (Å²) in [7, 11) is 0. The van der Waals surface area contributed by atoms with Crippen molar-refractivity contribution in [2.24, 2.45) is 10.8 Å². The molecule has 0 atom stereocenters. The Morgan fingerprint density at radius 3 is 2.41 bits per heavy atom. The molecule has 0 spiro atoms. The molecule has 0 aliphatic heterocycles. The predicted octanol–water partition coefficient (Wildman–Crippen LogP) is 3.83. The maximum Gasteiger partial charge on any atom is 0.404 e. The molecule has 3 N–H and O–H groups in total. The summed E-state index contributed by atoms with van der Waals surface area (Å²) in [5, 5.41) is 14.6. The second kappa shape index (κ2) is 8.38. The Morgan fingerprint density at radius 2 is 1.74 bits per heavy atom. The molecular weight excluding hydrogens is 368 g/mol. The van der Waals surface area contributed by atoms with E-state index in [1.54, 1.807) is 24.3 Å². The Kier molecular flexibility index (Phi) is 6.15. The summed E-state index contributed by atoms with van der Waals surface area (Å²) in [6.07, 6.45) is 6.99. The number of unbranched alkanes of at least 4 members (excludes halogenated alkanes) is 2. The highest BCUT2D eigenvalue weighted by molar-refractivity contribution is 6.30. The van der Waals surface area contributed by atoms with Crippen molar-refractivity contribution in [2.45, 2.75) is 44.9 Å². The third-order valence-corrected chi connectivity index (χ3v) is 6.01. The van der Waals surface area contributed by atoms with E-state index in [4.69, 9.17) is 21.4 Å². The molecule has 1 aromatic rings. The van der Waals surface area contributed by atoms with Crippen molar-refractivity contribution in [3.8, 4) is 5.75 Å². The van der Waals surface area contributed by atoms with Gasteiger partial charge < -0.3 is 20.5 Å². The van der Waals surface area contributed by atoms with Gasteiger partial charge in [-0.1, -0.05) is 24.4 Å². The average molecular weight is 395 g/mol. The molecule has 0 radical (unpaired) electrons. The third kappa shape index (κ3) is 5.28. The van der Waals surface area contributed by atoms with Crippen LogP contribution in [0.3, 0.4) is 0 Å². The van der Waals surface area contributed by atoms with Crippen LogP contribution < -0.4 is 15.4 Å². The van der Waals surface area contributed by atoms with Crippen LogP contribution in [0.4, 0.5) is 4.79 Å². The molecule has 6 nitrogen and oxygen atoms in total. The summed E-state index contributed by atoms with van der Waals surface area (Å²) in [6, 6.07) is 6.97. The number of ether oxygens (including phenoxy) is 1. The maximum absolute atomic E-state index is 12.0. The Labute approximate surface area is 164 Å². The zero-order chi connectivity index (χ0) is 19.3. The van der Waals surface area contributed by atoms with Gasteiger partial charge in [0.05, 0.1) is 0 Å². The lowest BCUT2D eigenvalue weighted by atomic mass is 9.34. The fourth-order valence-electron chi connectivity index (χ4n) is 4.70. The van der Waals surface area contributed by atoms with Crippen molar-refractivity contribution in [3.05, 3.63) is 29.3 Å². The number of hydrogen-bond donors (Lipinski definition) is 3. The number of halogens is 1. The first-order valence-corrected chi connectivity index (χ1v) is 9.90. The fourth-order valence-corrected chi connectivity index (χ4v) is 4.82. The third-order valence-electron chi connectivity index (χ3n) is 5.75. The number of carbonyl (C=O) groups is 2. The molecule has 3 aliphatic carbocycles. The number of hydrogen-bond acceptors (Lipinski definition) is 3. The molecule has 3 fully saturated rings. The Bertz CT molecular complexity index is 657. The second-order valence-electron chi connectivity index (χ2n) is 8.09. The summed E-state index contributed by atoms with van der Waals surface area (Å²) in [4.78, 5) is 22.3. The minimum absolute atomic E-state index is 0.0211. The van der Waals surface area contributed by atoms with E-state index in [1.165, 1.54) is 25.7 Å². The molecule has 27 heavy (non-hydrogen) atoms. The van der Waals surface area contributed by atoms with Crippen molar-refractivity contribution >= 4 is 23.6 Å². The first kappa shape index (κ1) is 19.8. The summed E-state index contributed by atoms with van der Waals surface area (Å²) in [6.45, 7) is 1.30. The van der Waals surface area contributed by atoms with E-state index in [2.05, 4.69) is 10.6 Å². The molecular formula is C20H27ClN2O4. The number of carbonyl (C=O) groups excluding carboxylic acids is 1. The van der Waals surface area contributed by atoms with Gasteiger partial charge in [-0.25, -0.2) is 4.79 Å². The number of amides is 2. The molecule has 0 unspecified atom stereocenters. The lowest BCUT2D eigenvalue weighted by Gasteiger charge is -2.71. The predicted molar refractivity (Wildman–Crippen MR) is 103 cm³/mol. The van der Waals surface area contributed by atoms with Gasteiger partial charge in [0.1, 0.15) is 5.75 Å². The molecule has 3 saturated carbocycles. The number of nitrogens with one attached hydrogen (secondary N) is 2. The van der Waals surface area contributed by atoms with Crippen molar-refractivity contribution in [1.29, 1.82) is 0 Å². The lowest BCUT2D eigenvalue weighted by Crippen LogP contribution is -2.65. The standard InChI is InChI=1S/C20H27ClN2O4/c21-15-4-6-16(7-5-15)27-10-17(24)23-14-20-11-19(12-20,13-20)8-2-1-3-9-22-18(25)26/h4-7,22H,1-3,8-14H2,(H,23,24)(H,25,26). The molecule has 0 aromatic heterocycles. The van der Waals surface area contributed by atoms with E-state index in [0.717, 1.165) is 25.8 Å². The van der Waals surface area contributed by atoms with Crippen LogP contribution in [0.5, 0.6) is 5.75 Å². The van der Waals surface area contributed by atoms with Crippen LogP contribution in [0.2, 0.25) is 5.02 Å². The molecule has 1 aromatic carbocycles. The van der Waals surface area contributed by atoms with Gasteiger partial charge in [0, 0.05) is 18.1 Å². The van der Waals surface area contributed by atoms with Gasteiger partial charge in [0.25, 0.3) is 5.91 Å². The highest BCUT2D eigenvalue weighted by Gasteiger charge is 2.66. The zero-order valence-electron chi connectivity index (χ0n) is 15.4. The number of benzene rings is 1. The van der Waals surface area contributed by atoms with Gasteiger partial charge in [-0.15, -0.1) is 0 Å². The van der Waals surface area contributed by atoms with E-state index < -0.39 is 6.09 Å². The molecule has 3 aliphatic rings. The Hall–Kier alpha value is -1.95. The number of carboxylic acid groups (broad SMARTS) is 1. The summed E-state index contributed by atoms with van der Waals surface area (Å²) in [5.74, 6) is 0.548. The Balaban J connectivity index is 1.24. The van der Waals surface area contributed by atoms with E-state index in [9.17, 15) is 9.59 Å². The Morgan fingerprint density at radius 1 is 1.04 bits per heavy atom. The molecule has 2 amide bonds. The molecule has 0 saturated heterocycles. The molecule has 2 bridgehead atoms. The molecule has 4 rings (SSSR count). The topological polar surface area (TPSA) is 87.7 Å². The van der Waals surface area contributed by atoms with Crippen molar-refractivity contribution < 1.29 is 19.4 Å². The lowest BCUT2D eigenvalue weighted by molar-refractivity contribution is -0.205. The van der Waals surface area contributed by atoms with Crippen LogP contribution in [-0.2, 0) is 4.79 Å². The average Bonchev–Trinajstić information content (AvgIpc) is 2.57. The maximum atomic E-state index is 12.0. The molecule has 0 heterocycles. The van der Waals surface area contributed by atoms with Crippen molar-refractivity contribution in [2.75, 3.05) is 19.7 Å². The van der Waals surface area contributed by atoms with Gasteiger partial charge in [-0.2, -0.15) is 0 Å². The summed E-state index contributed by atoms with van der Waals surface area (Å²) in [5.41, 5.74) is 0.797. The van der Waals surface area contributed by atoms with Crippen molar-refractivity contribution in [1.82, 2.24) is 10.6 Å². The first-order chi connectivity index (χ1) is 12.9.